The first kappa shape index (κ1) is 17.6. The molecule has 0 aliphatic heterocycles. The van der Waals surface area contributed by atoms with Crippen LogP contribution in [0.25, 0.3) is 16.0 Å². The second-order valence-electron chi connectivity index (χ2n) is 5.83. The van der Waals surface area contributed by atoms with Gasteiger partial charge in [0.05, 0.1) is 12.1 Å². The van der Waals surface area contributed by atoms with Gasteiger partial charge in [-0.25, -0.2) is 9.78 Å². The number of Topliss-reactive ketones (excluding diaryl/α,β-unsaturated/α-hetero) is 1. The van der Waals surface area contributed by atoms with Crippen LogP contribution >= 0.6 is 22.9 Å². The lowest BCUT2D eigenvalue weighted by molar-refractivity contribution is 0.0520. The van der Waals surface area contributed by atoms with E-state index in [9.17, 15) is 9.59 Å². The summed E-state index contributed by atoms with van der Waals surface area (Å²) in [5.41, 5.74) is 1.65. The van der Waals surface area contributed by atoms with Gasteiger partial charge in [0, 0.05) is 33.5 Å². The van der Waals surface area contributed by atoms with Gasteiger partial charge in [-0.2, -0.15) is 0 Å². The second kappa shape index (κ2) is 6.98. The van der Waals surface area contributed by atoms with E-state index in [0.717, 1.165) is 10.9 Å². The molecule has 2 aromatic heterocycles. The summed E-state index contributed by atoms with van der Waals surface area (Å²) < 4.78 is 6.78. The van der Waals surface area contributed by atoms with E-state index < -0.39 is 5.97 Å². The summed E-state index contributed by atoms with van der Waals surface area (Å²) in [7, 11) is 0. The molecule has 0 unspecified atom stereocenters. The molecule has 2 heterocycles. The highest BCUT2D eigenvalue weighted by Gasteiger charge is 2.20. The first-order valence-electron chi connectivity index (χ1n) is 7.90. The average Bonchev–Trinajstić information content (AvgIpc) is 3.18. The van der Waals surface area contributed by atoms with E-state index in [1.54, 1.807) is 35.2 Å². The quantitative estimate of drug-likeness (QED) is 0.476. The number of ether oxygens (including phenoxy) is 1. The van der Waals surface area contributed by atoms with Crippen LogP contribution in [-0.4, -0.2) is 27.9 Å². The average molecular weight is 377 g/mol. The minimum Gasteiger partial charge on any atom is -0.461 e. The van der Waals surface area contributed by atoms with Crippen LogP contribution in [0.5, 0.6) is 0 Å². The van der Waals surface area contributed by atoms with Gasteiger partial charge in [-0.05, 0) is 19.1 Å². The number of fused-ring (bicyclic) bond motifs is 1. The van der Waals surface area contributed by atoms with Gasteiger partial charge in [0.1, 0.15) is 0 Å². The lowest BCUT2D eigenvalue weighted by atomic mass is 10.0. The molecule has 0 saturated heterocycles. The number of hydrogen-bond donors (Lipinski definition) is 0. The minimum absolute atomic E-state index is 0.0493. The number of rotatable bonds is 5. The van der Waals surface area contributed by atoms with E-state index in [1.165, 1.54) is 11.3 Å². The molecular formula is C18H17ClN2O3S. The summed E-state index contributed by atoms with van der Waals surface area (Å²) in [4.78, 5) is 28.7. The molecule has 0 radical (unpaired) electrons. The maximum absolute atomic E-state index is 12.5. The van der Waals surface area contributed by atoms with Crippen LogP contribution in [0.4, 0.5) is 0 Å². The molecule has 0 spiro atoms. The molecule has 25 heavy (non-hydrogen) atoms. The number of ketones is 1. The zero-order valence-electron chi connectivity index (χ0n) is 14.1. The van der Waals surface area contributed by atoms with Crippen molar-refractivity contribution in [1.82, 2.24) is 9.55 Å². The Morgan fingerprint density at radius 2 is 2.12 bits per heavy atom. The standard InChI is InChI=1S/C18H17ClN2O3S/c1-4-24-17(23)14-9-25-18(20-14)21-8-13(16(22)10(2)3)12-6-5-11(19)7-15(12)21/h5-10H,4H2,1-3H3. The molecule has 7 heteroatoms. The number of benzene rings is 1. The molecule has 5 nitrogen and oxygen atoms in total. The van der Waals surface area contributed by atoms with Crippen molar-refractivity contribution in [3.63, 3.8) is 0 Å². The summed E-state index contributed by atoms with van der Waals surface area (Å²) in [6.07, 6.45) is 1.76. The van der Waals surface area contributed by atoms with Crippen LogP contribution in [-0.2, 0) is 4.74 Å². The zero-order valence-corrected chi connectivity index (χ0v) is 15.6. The van der Waals surface area contributed by atoms with Crippen LogP contribution in [0.15, 0.2) is 29.8 Å². The summed E-state index contributed by atoms with van der Waals surface area (Å²) in [6.45, 7) is 5.77. The SMILES string of the molecule is CCOC(=O)c1csc(-n2cc(C(=O)C(C)C)c3ccc(Cl)cc32)n1. The summed E-state index contributed by atoms with van der Waals surface area (Å²) >= 11 is 7.44. The molecule has 3 rings (SSSR count). The maximum Gasteiger partial charge on any atom is 0.357 e. The van der Waals surface area contributed by atoms with Gasteiger partial charge in [0.15, 0.2) is 16.6 Å². The molecule has 0 aliphatic carbocycles. The Morgan fingerprint density at radius 3 is 2.80 bits per heavy atom. The highest BCUT2D eigenvalue weighted by Crippen LogP contribution is 2.30. The van der Waals surface area contributed by atoms with Crippen molar-refractivity contribution < 1.29 is 14.3 Å². The molecule has 0 amide bonds. The second-order valence-corrected chi connectivity index (χ2v) is 7.10. The first-order chi connectivity index (χ1) is 11.9. The van der Waals surface area contributed by atoms with Crippen molar-refractivity contribution in [2.75, 3.05) is 6.61 Å². The topological polar surface area (TPSA) is 61.2 Å². The van der Waals surface area contributed by atoms with Gasteiger partial charge in [0.2, 0.25) is 0 Å². The van der Waals surface area contributed by atoms with E-state index in [1.807, 2.05) is 19.9 Å². The normalized spacial score (nSPS) is 11.2. The zero-order chi connectivity index (χ0) is 18.1. The smallest absolute Gasteiger partial charge is 0.357 e. The monoisotopic (exact) mass is 376 g/mol. The molecule has 3 aromatic rings. The number of esters is 1. The number of hydrogen-bond acceptors (Lipinski definition) is 5. The lowest BCUT2D eigenvalue weighted by Gasteiger charge is -2.01. The van der Waals surface area contributed by atoms with Crippen LogP contribution in [0, 0.1) is 5.92 Å². The Bertz CT molecular complexity index is 959. The number of carbonyl (C=O) groups is 2. The predicted octanol–water partition coefficient (Wildman–Crippen LogP) is 4.76. The van der Waals surface area contributed by atoms with Gasteiger partial charge in [-0.3, -0.25) is 9.36 Å². The molecule has 0 atom stereocenters. The predicted molar refractivity (Wildman–Crippen MR) is 99.1 cm³/mol. The van der Waals surface area contributed by atoms with Gasteiger partial charge < -0.3 is 4.74 Å². The van der Waals surface area contributed by atoms with Gasteiger partial charge in [-0.1, -0.05) is 31.5 Å². The largest absolute Gasteiger partial charge is 0.461 e. The molecule has 0 aliphatic rings. The maximum atomic E-state index is 12.5. The molecular weight excluding hydrogens is 360 g/mol. The summed E-state index contributed by atoms with van der Waals surface area (Å²) in [5, 5.41) is 3.61. The van der Waals surface area contributed by atoms with Crippen molar-refractivity contribution in [1.29, 1.82) is 0 Å². The molecule has 1 aromatic carbocycles. The Balaban J connectivity index is 2.15. The molecule has 0 fully saturated rings. The Morgan fingerprint density at radius 1 is 1.36 bits per heavy atom. The van der Waals surface area contributed by atoms with E-state index in [-0.39, 0.29) is 17.4 Å². The van der Waals surface area contributed by atoms with Gasteiger partial charge in [-0.15, -0.1) is 11.3 Å². The summed E-state index contributed by atoms with van der Waals surface area (Å²) in [5.74, 6) is -0.535. The molecule has 0 N–H and O–H groups in total. The van der Waals surface area contributed by atoms with E-state index >= 15 is 0 Å². The molecule has 0 bridgehead atoms. The van der Waals surface area contributed by atoms with Crippen molar-refractivity contribution in [2.45, 2.75) is 20.8 Å². The van der Waals surface area contributed by atoms with Crippen LogP contribution in [0.1, 0.15) is 41.6 Å². The third-order valence-electron chi connectivity index (χ3n) is 3.74. The third-order valence-corrected chi connectivity index (χ3v) is 4.82. The Labute approximate surface area is 154 Å². The van der Waals surface area contributed by atoms with E-state index in [0.29, 0.717) is 22.3 Å². The summed E-state index contributed by atoms with van der Waals surface area (Å²) in [6, 6.07) is 5.39. The first-order valence-corrected chi connectivity index (χ1v) is 9.16. The number of nitrogens with zero attached hydrogens (tertiary/aromatic N) is 2. The Hall–Kier alpha value is -2.18. The number of thiazole rings is 1. The van der Waals surface area contributed by atoms with Crippen molar-refractivity contribution in [2.24, 2.45) is 5.92 Å². The highest BCUT2D eigenvalue weighted by atomic mass is 35.5. The number of aromatic nitrogens is 2. The molecule has 130 valence electrons. The van der Waals surface area contributed by atoms with Crippen LogP contribution in [0.2, 0.25) is 5.02 Å². The van der Waals surface area contributed by atoms with Crippen LogP contribution < -0.4 is 0 Å². The fourth-order valence-corrected chi connectivity index (χ4v) is 3.49. The fourth-order valence-electron chi connectivity index (χ4n) is 2.54. The van der Waals surface area contributed by atoms with Crippen LogP contribution in [0.3, 0.4) is 0 Å². The Kier molecular flexibility index (Phi) is 4.92. The third kappa shape index (κ3) is 3.32. The fraction of sp³-hybridized carbons (Fsp3) is 0.278. The van der Waals surface area contributed by atoms with Crippen molar-refractivity contribution in [3.8, 4) is 5.13 Å². The number of carbonyl (C=O) groups excluding carboxylic acids is 2. The minimum atomic E-state index is -0.460. The lowest BCUT2D eigenvalue weighted by Crippen LogP contribution is -2.06. The van der Waals surface area contributed by atoms with E-state index in [2.05, 4.69) is 4.98 Å². The highest BCUT2D eigenvalue weighted by molar-refractivity contribution is 7.12. The van der Waals surface area contributed by atoms with E-state index in [4.69, 9.17) is 16.3 Å². The van der Waals surface area contributed by atoms with Crippen molar-refractivity contribution >= 4 is 45.6 Å². The molecule has 0 saturated carbocycles. The number of halogens is 1. The van der Waals surface area contributed by atoms with Gasteiger partial charge >= 0.3 is 5.97 Å². The van der Waals surface area contributed by atoms with Crippen molar-refractivity contribution in [3.05, 3.63) is 46.1 Å². The van der Waals surface area contributed by atoms with Gasteiger partial charge in [0.25, 0.3) is 0 Å².